The maximum atomic E-state index is 13.6. The van der Waals surface area contributed by atoms with Crippen LogP contribution in [0.3, 0.4) is 0 Å². The van der Waals surface area contributed by atoms with Crippen molar-refractivity contribution in [3.8, 4) is 0 Å². The van der Waals surface area contributed by atoms with Crippen LogP contribution in [-0.4, -0.2) is 66.1 Å². The number of carbonyl (C=O) groups excluding carboxylic acids is 2. The van der Waals surface area contributed by atoms with E-state index < -0.39 is 21.5 Å². The van der Waals surface area contributed by atoms with Gasteiger partial charge in [0.05, 0.1) is 5.56 Å². The molecule has 2 amide bonds. The van der Waals surface area contributed by atoms with E-state index in [1.165, 1.54) is 18.2 Å². The lowest BCUT2D eigenvalue weighted by Crippen LogP contribution is -2.43. The van der Waals surface area contributed by atoms with Gasteiger partial charge in [0.2, 0.25) is 0 Å². The molecule has 1 fully saturated rings. The predicted octanol–water partition coefficient (Wildman–Crippen LogP) is 3.83. The molecule has 4 heterocycles. The zero-order chi connectivity index (χ0) is 29.5. The van der Waals surface area contributed by atoms with E-state index in [0.29, 0.717) is 43.4 Å². The fourth-order valence-electron chi connectivity index (χ4n) is 4.86. The summed E-state index contributed by atoms with van der Waals surface area (Å²) in [6, 6.07) is 5.87. The number of nitrogen functional groups attached to an aromatic ring is 1. The lowest BCUT2D eigenvalue weighted by molar-refractivity contribution is 0.0270. The molecule has 0 saturated carbocycles. The summed E-state index contributed by atoms with van der Waals surface area (Å²) in [6.45, 7) is 13.2. The van der Waals surface area contributed by atoms with Crippen molar-refractivity contribution in [3.63, 3.8) is 0 Å². The molecule has 3 N–H and O–H groups in total. The van der Waals surface area contributed by atoms with Crippen LogP contribution in [0.4, 0.5) is 16.4 Å². The molecule has 1 unspecified atom stereocenters. The molecule has 4 rings (SSSR count). The van der Waals surface area contributed by atoms with E-state index in [1.807, 2.05) is 26.8 Å². The minimum atomic E-state index is -4.29. The third-order valence-electron chi connectivity index (χ3n) is 7.53. The summed E-state index contributed by atoms with van der Waals surface area (Å²) in [5, 5.41) is -0.348. The number of carbonyl (C=O) groups is 2. The molecule has 2 aromatic rings. The molecule has 216 valence electrons. The molecule has 1 atom stereocenters. The zero-order valence-corrected chi connectivity index (χ0v) is 24.7. The second-order valence-electron chi connectivity index (χ2n) is 11.8. The van der Waals surface area contributed by atoms with Crippen molar-refractivity contribution in [1.82, 2.24) is 19.6 Å². The van der Waals surface area contributed by atoms with Gasteiger partial charge in [-0.05, 0) is 82.7 Å². The van der Waals surface area contributed by atoms with Crippen molar-refractivity contribution in [2.24, 2.45) is 5.92 Å². The number of ether oxygens (including phenoxy) is 1. The highest BCUT2D eigenvalue weighted by molar-refractivity contribution is 7.90. The van der Waals surface area contributed by atoms with Crippen LogP contribution in [0.15, 0.2) is 41.6 Å². The molecule has 0 spiro atoms. The first kappa shape index (κ1) is 29.3. The molecule has 0 aromatic carbocycles. The van der Waals surface area contributed by atoms with Crippen molar-refractivity contribution in [3.05, 3.63) is 47.7 Å². The fraction of sp³-hybridized carbons (Fsp3) is 0.500. The first-order chi connectivity index (χ1) is 18.6. The SMILES string of the molecule is CC1CCN(c2ncc(C3=CCN(C(=O)OC(C)(C)C)CC3)cc2C(=O)NS(=O)(=O)c2cccc(N)n2)C1(C)C. The van der Waals surface area contributed by atoms with Gasteiger partial charge in [0.15, 0.2) is 5.03 Å². The monoisotopic (exact) mass is 570 g/mol. The number of nitrogens with zero attached hydrogens (tertiary/aromatic N) is 4. The molecule has 0 aliphatic carbocycles. The second-order valence-corrected chi connectivity index (χ2v) is 13.5. The van der Waals surface area contributed by atoms with Gasteiger partial charge in [-0.1, -0.05) is 19.1 Å². The van der Waals surface area contributed by atoms with Gasteiger partial charge in [0.1, 0.15) is 17.2 Å². The van der Waals surface area contributed by atoms with Crippen LogP contribution in [0.2, 0.25) is 0 Å². The molecule has 12 heteroatoms. The summed E-state index contributed by atoms with van der Waals surface area (Å²) in [7, 11) is -4.29. The van der Waals surface area contributed by atoms with Crippen molar-refractivity contribution in [1.29, 1.82) is 0 Å². The van der Waals surface area contributed by atoms with Crippen molar-refractivity contribution >= 4 is 39.2 Å². The van der Waals surface area contributed by atoms with Gasteiger partial charge >= 0.3 is 6.09 Å². The molecule has 40 heavy (non-hydrogen) atoms. The molecule has 2 aliphatic heterocycles. The van der Waals surface area contributed by atoms with E-state index in [2.05, 4.69) is 35.4 Å². The Morgan fingerprint density at radius 2 is 1.93 bits per heavy atom. The quantitative estimate of drug-likeness (QED) is 0.547. The van der Waals surface area contributed by atoms with Gasteiger partial charge in [0.25, 0.3) is 15.9 Å². The number of rotatable bonds is 5. The van der Waals surface area contributed by atoms with Crippen molar-refractivity contribution in [2.75, 3.05) is 30.3 Å². The largest absolute Gasteiger partial charge is 0.444 e. The lowest BCUT2D eigenvalue weighted by Gasteiger charge is -2.36. The van der Waals surface area contributed by atoms with Gasteiger partial charge in [0, 0.05) is 31.4 Å². The van der Waals surface area contributed by atoms with Gasteiger partial charge in [-0.2, -0.15) is 8.42 Å². The highest BCUT2D eigenvalue weighted by Crippen LogP contribution is 2.39. The molecular weight excluding hydrogens is 532 g/mol. The van der Waals surface area contributed by atoms with E-state index >= 15 is 0 Å². The predicted molar refractivity (Wildman–Crippen MR) is 153 cm³/mol. The number of nitrogens with two attached hydrogens (primary N) is 1. The fourth-order valence-corrected chi connectivity index (χ4v) is 5.80. The maximum Gasteiger partial charge on any atom is 0.410 e. The number of hydrogen-bond donors (Lipinski definition) is 2. The number of amides is 2. The normalized spacial score (nSPS) is 19.2. The Hall–Kier alpha value is -3.67. The number of anilines is 2. The van der Waals surface area contributed by atoms with Gasteiger partial charge in [-0.3, -0.25) is 4.79 Å². The van der Waals surface area contributed by atoms with E-state index in [1.54, 1.807) is 17.2 Å². The minimum absolute atomic E-state index is 0.0251. The number of sulfonamides is 1. The van der Waals surface area contributed by atoms with Crippen molar-refractivity contribution in [2.45, 2.75) is 70.6 Å². The Bertz CT molecular complexity index is 1450. The summed E-state index contributed by atoms with van der Waals surface area (Å²) in [5.74, 6) is -0.0315. The Morgan fingerprint density at radius 1 is 1.20 bits per heavy atom. The zero-order valence-electron chi connectivity index (χ0n) is 23.9. The standard InChI is InChI=1S/C28H38N6O5S/c1-18-10-15-34(28(18,5)6)24-21(25(35)32-40(37,38)23-9-7-8-22(29)31-23)16-20(17-30-24)19-11-13-33(14-12-19)26(36)39-27(2,3)4/h7-9,11,16-18H,10,12-15H2,1-6H3,(H2,29,31)(H,32,35). The summed E-state index contributed by atoms with van der Waals surface area (Å²) < 4.78 is 33.7. The Balaban J connectivity index is 1.67. The topological polar surface area (TPSA) is 148 Å². The second kappa shape index (κ2) is 10.7. The van der Waals surface area contributed by atoms with E-state index in [-0.39, 0.29) is 28.0 Å². The number of hydrogen-bond acceptors (Lipinski definition) is 9. The maximum absolute atomic E-state index is 13.6. The highest BCUT2D eigenvalue weighted by atomic mass is 32.2. The lowest BCUT2D eigenvalue weighted by atomic mass is 9.90. The summed E-state index contributed by atoms with van der Waals surface area (Å²) in [5.41, 5.74) is 6.51. The van der Waals surface area contributed by atoms with E-state index in [9.17, 15) is 18.0 Å². The van der Waals surface area contributed by atoms with Crippen LogP contribution >= 0.6 is 0 Å². The number of aromatic nitrogens is 2. The van der Waals surface area contributed by atoms with Crippen LogP contribution in [0, 0.1) is 5.92 Å². The molecule has 0 radical (unpaired) electrons. The molecule has 0 bridgehead atoms. The summed E-state index contributed by atoms with van der Waals surface area (Å²) in [4.78, 5) is 38.3. The minimum Gasteiger partial charge on any atom is -0.444 e. The van der Waals surface area contributed by atoms with Crippen LogP contribution in [0.5, 0.6) is 0 Å². The van der Waals surface area contributed by atoms with Crippen LogP contribution in [0.25, 0.3) is 5.57 Å². The molecule has 1 saturated heterocycles. The molecule has 11 nitrogen and oxygen atoms in total. The summed E-state index contributed by atoms with van der Waals surface area (Å²) >= 11 is 0. The van der Waals surface area contributed by atoms with Crippen LogP contribution in [-0.2, 0) is 14.8 Å². The highest BCUT2D eigenvalue weighted by Gasteiger charge is 2.41. The molecular formula is C28H38N6O5S. The van der Waals surface area contributed by atoms with Gasteiger partial charge in [-0.15, -0.1) is 0 Å². The van der Waals surface area contributed by atoms with E-state index in [0.717, 1.165) is 12.0 Å². The Kier molecular flexibility index (Phi) is 7.85. The number of nitrogens with one attached hydrogen (secondary N) is 1. The molecule has 2 aromatic heterocycles. The number of pyridine rings is 2. The van der Waals surface area contributed by atoms with E-state index in [4.69, 9.17) is 15.5 Å². The Morgan fingerprint density at radius 3 is 2.50 bits per heavy atom. The average molecular weight is 571 g/mol. The van der Waals surface area contributed by atoms with Gasteiger partial charge < -0.3 is 20.3 Å². The van der Waals surface area contributed by atoms with Gasteiger partial charge in [-0.25, -0.2) is 19.5 Å². The third kappa shape index (κ3) is 6.22. The first-order valence-electron chi connectivity index (χ1n) is 13.3. The summed E-state index contributed by atoms with van der Waals surface area (Å²) in [6.07, 6.45) is 4.66. The molecule has 2 aliphatic rings. The average Bonchev–Trinajstić information content (AvgIpc) is 3.14. The first-order valence-corrected chi connectivity index (χ1v) is 14.8. The van der Waals surface area contributed by atoms with Crippen LogP contribution in [0.1, 0.15) is 70.3 Å². The van der Waals surface area contributed by atoms with Crippen molar-refractivity contribution < 1.29 is 22.7 Å². The third-order valence-corrected chi connectivity index (χ3v) is 8.77. The smallest absolute Gasteiger partial charge is 0.410 e. The Labute approximate surface area is 235 Å². The van der Waals surface area contributed by atoms with Crippen LogP contribution < -0.4 is 15.4 Å².